The summed E-state index contributed by atoms with van der Waals surface area (Å²) in [7, 11) is 0. The maximum atomic E-state index is 9.44. The van der Waals surface area contributed by atoms with E-state index in [0.717, 1.165) is 6.42 Å². The molecular weight excluding hydrogens is 194 g/mol. The van der Waals surface area contributed by atoms with Gasteiger partial charge >= 0.3 is 0 Å². The largest absolute Gasteiger partial charge is 0.377 e. The van der Waals surface area contributed by atoms with E-state index < -0.39 is 6.23 Å². The molecule has 6 nitrogen and oxygen atoms in total. The molecule has 0 rings (SSSR count). The first kappa shape index (κ1) is 13.7. The number of hydrogen-bond donors (Lipinski definition) is 6. The van der Waals surface area contributed by atoms with E-state index in [0.29, 0.717) is 19.5 Å². The van der Waals surface area contributed by atoms with Crippen molar-refractivity contribution < 1.29 is 5.11 Å². The van der Waals surface area contributed by atoms with Gasteiger partial charge in [0.2, 0.25) is 0 Å². The zero-order valence-electron chi connectivity index (χ0n) is 8.66. The van der Waals surface area contributed by atoms with Crippen LogP contribution >= 0.6 is 0 Å². The van der Waals surface area contributed by atoms with Crippen LogP contribution in [0.25, 0.3) is 0 Å². The maximum absolute atomic E-state index is 9.44. The number of nitrogens with two attached hydrogens (primary N) is 2. The Balaban J connectivity index is 3.51. The quantitative estimate of drug-likeness (QED) is 0.0972. The van der Waals surface area contributed by atoms with Gasteiger partial charge in [0.15, 0.2) is 5.96 Å². The zero-order chi connectivity index (χ0) is 11.7. The van der Waals surface area contributed by atoms with Crippen LogP contribution in [0.4, 0.5) is 0 Å². The summed E-state index contributed by atoms with van der Waals surface area (Å²) in [6.45, 7) is 0.867. The number of hydrogen-bond acceptors (Lipinski definition) is 4. The smallest absolute Gasteiger partial charge is 0.185 e. The van der Waals surface area contributed by atoms with Crippen LogP contribution in [-0.4, -0.2) is 36.4 Å². The predicted octanol–water partition coefficient (Wildman–Crippen LogP) is -1.88. The molecule has 0 saturated heterocycles. The van der Waals surface area contributed by atoms with Crippen LogP contribution in [0.2, 0.25) is 0 Å². The minimum absolute atomic E-state index is 0.0606. The van der Waals surface area contributed by atoms with Crippen molar-refractivity contribution in [3.63, 3.8) is 0 Å². The summed E-state index contributed by atoms with van der Waals surface area (Å²) < 4.78 is 0. The van der Waals surface area contributed by atoms with Gasteiger partial charge in [-0.15, -0.1) is 6.42 Å². The number of rotatable bonds is 7. The lowest BCUT2D eigenvalue weighted by Crippen LogP contribution is -2.45. The molecule has 0 radical (unpaired) electrons. The molecule has 0 aliphatic heterocycles. The third kappa shape index (κ3) is 7.76. The first-order valence-corrected chi connectivity index (χ1v) is 4.76. The molecule has 0 aromatic rings. The Kier molecular flexibility index (Phi) is 7.36. The van der Waals surface area contributed by atoms with Crippen molar-refractivity contribution in [2.24, 2.45) is 11.5 Å². The van der Waals surface area contributed by atoms with Gasteiger partial charge in [-0.1, -0.05) is 5.92 Å². The lowest BCUT2D eigenvalue weighted by molar-refractivity contribution is 0.109. The molecule has 86 valence electrons. The maximum Gasteiger partial charge on any atom is 0.185 e. The highest BCUT2D eigenvalue weighted by Gasteiger charge is 2.12. The molecule has 15 heavy (non-hydrogen) atoms. The monoisotopic (exact) mass is 213 g/mol. The van der Waals surface area contributed by atoms with Crippen LogP contribution in [0, 0.1) is 17.8 Å². The van der Waals surface area contributed by atoms with Gasteiger partial charge in [0, 0.05) is 12.6 Å². The van der Waals surface area contributed by atoms with Crippen LogP contribution in [0.3, 0.4) is 0 Å². The molecule has 6 heteroatoms. The van der Waals surface area contributed by atoms with Crippen molar-refractivity contribution >= 4 is 5.96 Å². The Labute approximate surface area is 89.9 Å². The molecule has 0 aromatic carbocycles. The van der Waals surface area contributed by atoms with Crippen molar-refractivity contribution in [1.29, 1.82) is 5.41 Å². The molecule has 0 aliphatic carbocycles. The highest BCUT2D eigenvalue weighted by molar-refractivity contribution is 5.74. The molecule has 0 amide bonds. The van der Waals surface area contributed by atoms with Crippen molar-refractivity contribution in [3.8, 4) is 12.3 Å². The van der Waals surface area contributed by atoms with Crippen molar-refractivity contribution in [3.05, 3.63) is 0 Å². The van der Waals surface area contributed by atoms with Gasteiger partial charge in [0.1, 0.15) is 6.23 Å². The Morgan fingerprint density at radius 2 is 2.27 bits per heavy atom. The number of aliphatic hydroxyl groups excluding tert-OH is 1. The number of nitrogens with one attached hydrogen (secondary N) is 3. The summed E-state index contributed by atoms with van der Waals surface area (Å²) in [5.41, 5.74) is 10.8. The summed E-state index contributed by atoms with van der Waals surface area (Å²) >= 11 is 0. The summed E-state index contributed by atoms with van der Waals surface area (Å²) in [6, 6.07) is -0.368. The van der Waals surface area contributed by atoms with E-state index in [1.807, 2.05) is 0 Å². The predicted molar refractivity (Wildman–Crippen MR) is 60.0 cm³/mol. The second-order valence-corrected chi connectivity index (χ2v) is 3.18. The fraction of sp³-hybridized carbons (Fsp3) is 0.667. The lowest BCUT2D eigenvalue weighted by Gasteiger charge is -2.18. The first-order chi connectivity index (χ1) is 7.07. The standard InChI is InChI=1S/C9H19N5O/c1-2-5-13-8(15)7(10)4-3-6-14-9(11)12/h1,7-8,13,15H,3-6,10H2,(H4,11,12,14)/t7-,8?/m1/s1. The normalized spacial score (nSPS) is 13.9. The van der Waals surface area contributed by atoms with Crippen molar-refractivity contribution in [1.82, 2.24) is 10.6 Å². The first-order valence-electron chi connectivity index (χ1n) is 4.76. The van der Waals surface area contributed by atoms with E-state index in [-0.39, 0.29) is 12.0 Å². The second-order valence-electron chi connectivity index (χ2n) is 3.18. The minimum atomic E-state index is -0.793. The average Bonchev–Trinajstić information content (AvgIpc) is 2.20. The Bertz CT molecular complexity index is 225. The van der Waals surface area contributed by atoms with Gasteiger partial charge in [-0.25, -0.2) is 0 Å². The van der Waals surface area contributed by atoms with E-state index in [2.05, 4.69) is 16.6 Å². The van der Waals surface area contributed by atoms with Crippen LogP contribution in [0.1, 0.15) is 12.8 Å². The van der Waals surface area contributed by atoms with E-state index in [1.54, 1.807) is 0 Å². The fourth-order valence-electron chi connectivity index (χ4n) is 1.03. The van der Waals surface area contributed by atoms with Gasteiger partial charge in [0.05, 0.1) is 6.54 Å². The van der Waals surface area contributed by atoms with Crippen LogP contribution < -0.4 is 22.1 Å². The summed E-state index contributed by atoms with van der Waals surface area (Å²) in [5, 5.41) is 21.7. The van der Waals surface area contributed by atoms with Crippen molar-refractivity contribution in [2.45, 2.75) is 25.1 Å². The summed E-state index contributed by atoms with van der Waals surface area (Å²) in [6.07, 6.45) is 5.58. The molecule has 0 aliphatic rings. The van der Waals surface area contributed by atoms with Crippen LogP contribution in [0.5, 0.6) is 0 Å². The molecule has 0 saturated carbocycles. The van der Waals surface area contributed by atoms with Gasteiger partial charge in [-0.3, -0.25) is 10.7 Å². The third-order valence-electron chi connectivity index (χ3n) is 1.85. The molecule has 1 unspecified atom stereocenters. The lowest BCUT2D eigenvalue weighted by atomic mass is 10.1. The second kappa shape index (κ2) is 8.05. The molecule has 8 N–H and O–H groups in total. The minimum Gasteiger partial charge on any atom is -0.377 e. The summed E-state index contributed by atoms with van der Waals surface area (Å²) in [5.74, 6) is 2.29. The van der Waals surface area contributed by atoms with E-state index >= 15 is 0 Å². The number of guanidine groups is 1. The third-order valence-corrected chi connectivity index (χ3v) is 1.85. The highest BCUT2D eigenvalue weighted by atomic mass is 16.3. The van der Waals surface area contributed by atoms with Crippen LogP contribution in [-0.2, 0) is 0 Å². The SMILES string of the molecule is C#CCNC(O)[C@H](N)CCCNC(=N)N. The van der Waals surface area contributed by atoms with E-state index in [4.69, 9.17) is 23.3 Å². The van der Waals surface area contributed by atoms with E-state index in [1.165, 1.54) is 0 Å². The molecule has 0 aromatic heterocycles. The molecule has 0 spiro atoms. The average molecular weight is 213 g/mol. The van der Waals surface area contributed by atoms with Crippen LogP contribution in [0.15, 0.2) is 0 Å². The number of terminal acetylenes is 1. The van der Waals surface area contributed by atoms with Gasteiger partial charge in [0.25, 0.3) is 0 Å². The Morgan fingerprint density at radius 3 is 2.80 bits per heavy atom. The Morgan fingerprint density at radius 1 is 1.60 bits per heavy atom. The summed E-state index contributed by atoms with van der Waals surface area (Å²) in [4.78, 5) is 0. The topological polar surface area (TPSA) is 120 Å². The molecule has 0 heterocycles. The molecular formula is C9H19N5O. The number of aliphatic hydroxyl groups is 1. The Hall–Kier alpha value is -1.29. The fourth-order valence-corrected chi connectivity index (χ4v) is 1.03. The highest BCUT2D eigenvalue weighted by Crippen LogP contribution is 1.96. The molecule has 0 fully saturated rings. The van der Waals surface area contributed by atoms with E-state index in [9.17, 15) is 5.11 Å². The van der Waals surface area contributed by atoms with Gasteiger partial charge < -0.3 is 21.9 Å². The van der Waals surface area contributed by atoms with Gasteiger partial charge in [-0.2, -0.15) is 0 Å². The zero-order valence-corrected chi connectivity index (χ0v) is 8.66. The molecule has 0 bridgehead atoms. The molecule has 2 atom stereocenters. The van der Waals surface area contributed by atoms with Gasteiger partial charge in [-0.05, 0) is 12.8 Å². The van der Waals surface area contributed by atoms with Crippen molar-refractivity contribution in [2.75, 3.05) is 13.1 Å².